The first-order valence-electron chi connectivity index (χ1n) is 16.9. The third-order valence-corrected chi connectivity index (χ3v) is 10.1. The van der Waals surface area contributed by atoms with Crippen LogP contribution in [0.2, 0.25) is 25.7 Å². The average molecular weight is 721 g/mol. The number of hydrogen-bond acceptors (Lipinski definition) is 7. The van der Waals surface area contributed by atoms with Crippen LogP contribution in [0.3, 0.4) is 0 Å². The van der Waals surface area contributed by atoms with E-state index in [2.05, 4.69) is 36.3 Å². The first-order chi connectivity index (χ1) is 24.3. The van der Waals surface area contributed by atoms with Gasteiger partial charge in [-0.3, -0.25) is 4.79 Å². The van der Waals surface area contributed by atoms with Gasteiger partial charge in [0, 0.05) is 44.7 Å². The number of allylic oxidation sites excluding steroid dienone is 1. The van der Waals surface area contributed by atoms with Gasteiger partial charge in [-0.05, 0) is 54.8 Å². The predicted octanol–water partition coefficient (Wildman–Crippen LogP) is 8.96. The van der Waals surface area contributed by atoms with Gasteiger partial charge in [-0.25, -0.2) is 22.8 Å². The smallest absolute Gasteiger partial charge is 0.306 e. The molecule has 2 aromatic heterocycles. The second kappa shape index (κ2) is 16.0. The molecule has 51 heavy (non-hydrogen) atoms. The van der Waals surface area contributed by atoms with Crippen LogP contribution in [0.15, 0.2) is 67.4 Å². The number of halogens is 3. The van der Waals surface area contributed by atoms with E-state index in [1.807, 2.05) is 0 Å². The van der Waals surface area contributed by atoms with Crippen LogP contribution >= 0.6 is 0 Å². The fourth-order valence-electron chi connectivity index (χ4n) is 5.59. The van der Waals surface area contributed by atoms with Crippen molar-refractivity contribution in [2.24, 2.45) is 0 Å². The average Bonchev–Trinajstić information content (AvgIpc) is 3.69. The largest absolute Gasteiger partial charge is 0.507 e. The number of phenols is 1. The molecule has 0 aliphatic carbocycles. The highest BCUT2D eigenvalue weighted by molar-refractivity contribution is 6.76. The van der Waals surface area contributed by atoms with E-state index in [9.17, 15) is 9.90 Å². The van der Waals surface area contributed by atoms with E-state index < -0.39 is 43.2 Å². The number of nitrogens with zero attached hydrogens (tertiary/aromatic N) is 4. The molecule has 0 fully saturated rings. The summed E-state index contributed by atoms with van der Waals surface area (Å²) in [7, 11) is -1.29. The van der Waals surface area contributed by atoms with Crippen LogP contribution in [0, 0.1) is 17.5 Å². The summed E-state index contributed by atoms with van der Waals surface area (Å²) in [5.74, 6) is -3.56. The summed E-state index contributed by atoms with van der Waals surface area (Å²) in [4.78, 5) is 16.5. The van der Waals surface area contributed by atoms with Crippen LogP contribution in [0.4, 0.5) is 13.2 Å². The van der Waals surface area contributed by atoms with Crippen molar-refractivity contribution in [2.45, 2.75) is 71.6 Å². The summed E-state index contributed by atoms with van der Waals surface area (Å²) in [5, 5.41) is 15.7. The third-order valence-electron chi connectivity index (χ3n) is 8.43. The molecule has 1 N–H and O–H groups in total. The van der Waals surface area contributed by atoms with Crippen molar-refractivity contribution in [3.8, 4) is 28.6 Å². The number of hydrogen-bond donors (Lipinski definition) is 1. The number of carbonyl (C=O) groups excluding carboxylic acids is 1. The highest BCUT2D eigenvalue weighted by Gasteiger charge is 2.25. The van der Waals surface area contributed by atoms with Gasteiger partial charge in [-0.2, -0.15) is 5.10 Å². The van der Waals surface area contributed by atoms with Crippen LogP contribution in [-0.2, 0) is 34.0 Å². The van der Waals surface area contributed by atoms with Crippen LogP contribution in [0.5, 0.6) is 17.2 Å². The number of aromatic hydroxyl groups is 1. The lowest BCUT2D eigenvalue weighted by atomic mass is 9.96. The number of benzene rings is 3. The summed E-state index contributed by atoms with van der Waals surface area (Å²) in [5.41, 5.74) is 1.19. The lowest BCUT2D eigenvalue weighted by Gasteiger charge is -2.16. The molecular formula is C38H43F3N4O5Si. The Kier molecular flexibility index (Phi) is 11.7. The summed E-state index contributed by atoms with van der Waals surface area (Å²) < 4.78 is 66.5. The van der Waals surface area contributed by atoms with Crippen LogP contribution < -0.4 is 4.74 Å². The number of fused-ring (bicyclic) bond motifs is 1. The summed E-state index contributed by atoms with van der Waals surface area (Å²) in [6.45, 7) is 15.2. The highest BCUT2D eigenvalue weighted by atomic mass is 28.3. The Hall–Kier alpha value is -4.88. The van der Waals surface area contributed by atoms with Gasteiger partial charge in [0.25, 0.3) is 0 Å². The zero-order chi connectivity index (χ0) is 36.9. The van der Waals surface area contributed by atoms with E-state index in [-0.39, 0.29) is 66.8 Å². The van der Waals surface area contributed by atoms with Gasteiger partial charge in [0.15, 0.2) is 29.0 Å². The molecule has 270 valence electrons. The summed E-state index contributed by atoms with van der Waals surface area (Å²) in [6.07, 6.45) is 3.44. The van der Waals surface area contributed by atoms with Crippen LogP contribution in [0.1, 0.15) is 43.1 Å². The molecule has 1 unspecified atom stereocenters. The van der Waals surface area contributed by atoms with Crippen molar-refractivity contribution in [3.63, 3.8) is 0 Å². The quantitative estimate of drug-likeness (QED) is 0.0470. The van der Waals surface area contributed by atoms with E-state index in [1.54, 1.807) is 55.0 Å². The van der Waals surface area contributed by atoms with Crippen molar-refractivity contribution in [2.75, 3.05) is 13.2 Å². The van der Waals surface area contributed by atoms with Crippen LogP contribution in [-0.4, -0.2) is 51.7 Å². The first kappa shape index (κ1) is 37.4. The lowest BCUT2D eigenvalue weighted by Crippen LogP contribution is -2.21. The van der Waals surface area contributed by atoms with Gasteiger partial charge >= 0.3 is 5.97 Å². The minimum atomic E-state index is -1.29. The Morgan fingerprint density at radius 2 is 1.88 bits per heavy atom. The number of aryl methyl sites for hydroxylation is 1. The molecule has 0 saturated carbocycles. The number of carbonyl (C=O) groups is 1. The normalized spacial score (nSPS) is 12.3. The minimum absolute atomic E-state index is 0.0390. The summed E-state index contributed by atoms with van der Waals surface area (Å²) in [6, 6.07) is 12.8. The molecule has 9 nitrogen and oxygen atoms in total. The van der Waals surface area contributed by atoms with Crippen molar-refractivity contribution in [1.29, 1.82) is 0 Å². The maximum Gasteiger partial charge on any atom is 0.306 e. The molecule has 0 spiro atoms. The Labute approximate surface area is 296 Å². The Morgan fingerprint density at radius 1 is 1.10 bits per heavy atom. The van der Waals surface area contributed by atoms with E-state index in [4.69, 9.17) is 14.2 Å². The van der Waals surface area contributed by atoms with Gasteiger partial charge in [0.2, 0.25) is 0 Å². The molecule has 5 aromatic rings. The lowest BCUT2D eigenvalue weighted by molar-refractivity contribution is -0.143. The number of aromatic nitrogens is 4. The number of esters is 1. The van der Waals surface area contributed by atoms with E-state index in [1.165, 1.54) is 28.9 Å². The summed E-state index contributed by atoms with van der Waals surface area (Å²) >= 11 is 0. The zero-order valence-electron chi connectivity index (χ0n) is 29.5. The monoisotopic (exact) mass is 720 g/mol. The molecule has 0 saturated heterocycles. The van der Waals surface area contributed by atoms with E-state index in [0.717, 1.165) is 6.04 Å². The number of rotatable bonds is 16. The predicted molar refractivity (Wildman–Crippen MR) is 192 cm³/mol. The first-order valence-corrected chi connectivity index (χ1v) is 20.6. The Bertz CT molecular complexity index is 2040. The number of ether oxygens (including phenoxy) is 3. The van der Waals surface area contributed by atoms with Crippen LogP contribution in [0.25, 0.3) is 22.3 Å². The number of phenolic OH excluding ortho intramolecular Hbond substituents is 1. The molecule has 3 aromatic carbocycles. The maximum atomic E-state index is 15.7. The van der Waals surface area contributed by atoms with Gasteiger partial charge in [-0.1, -0.05) is 50.8 Å². The maximum absolute atomic E-state index is 15.7. The fraction of sp³-hybridized carbons (Fsp3) is 0.342. The van der Waals surface area contributed by atoms with Crippen molar-refractivity contribution < 1.29 is 37.3 Å². The second-order valence-electron chi connectivity index (χ2n) is 13.5. The van der Waals surface area contributed by atoms with Gasteiger partial charge < -0.3 is 23.9 Å². The van der Waals surface area contributed by atoms with E-state index in [0.29, 0.717) is 23.3 Å². The van der Waals surface area contributed by atoms with Crippen molar-refractivity contribution in [1.82, 2.24) is 19.3 Å². The molecule has 0 aliphatic rings. The molecule has 1 atom stereocenters. The molecule has 5 rings (SSSR count). The van der Waals surface area contributed by atoms with Gasteiger partial charge in [0.05, 0.1) is 24.2 Å². The zero-order valence-corrected chi connectivity index (χ0v) is 30.5. The standard InChI is InChI=1S/C38H43F3N4O5Si/c1-7-17-45-38(42-37(43-45)24(3)27-11-9-10-25(34(27)40)12-15-33(47)49-8-2)29-21-26(13-14-32(29)46)50-36-30(39)22-31-28(35(36)41)16-18-44(31)23-48-19-20-51(4,5)6/h7,9-11,13-14,16,18,21-22,24,46H,1,8,12,15,17,19-20,23H2,2-6H3. The van der Waals surface area contributed by atoms with E-state index >= 15 is 13.2 Å². The third kappa shape index (κ3) is 8.71. The van der Waals surface area contributed by atoms with Crippen molar-refractivity contribution in [3.05, 3.63) is 102 Å². The highest BCUT2D eigenvalue weighted by Crippen LogP contribution is 2.38. The molecular weight excluding hydrogens is 678 g/mol. The SMILES string of the molecule is C=CCn1nc(C(C)c2cccc(CCC(=O)OCC)c2F)nc1-c1cc(Oc2c(F)cc3c(ccn3COCC[Si](C)(C)C)c2F)ccc1O. The molecule has 2 heterocycles. The fourth-order valence-corrected chi connectivity index (χ4v) is 6.35. The molecule has 0 radical (unpaired) electrons. The van der Waals surface area contributed by atoms with Gasteiger partial charge in [-0.15, -0.1) is 6.58 Å². The Balaban J connectivity index is 1.41. The molecule has 13 heteroatoms. The Morgan fingerprint density at radius 3 is 2.61 bits per heavy atom. The van der Waals surface area contributed by atoms with Crippen molar-refractivity contribution >= 4 is 24.9 Å². The minimum Gasteiger partial charge on any atom is -0.507 e. The molecule has 0 amide bonds. The van der Waals surface area contributed by atoms with Gasteiger partial charge in [0.1, 0.15) is 24.0 Å². The molecule has 0 aliphatic heterocycles. The molecule has 0 bridgehead atoms. The second-order valence-corrected chi connectivity index (χ2v) is 19.1. The topological polar surface area (TPSA) is 101 Å².